The van der Waals surface area contributed by atoms with Crippen LogP contribution >= 0.6 is 0 Å². The second kappa shape index (κ2) is 5.75. The number of rotatable bonds is 4. The van der Waals surface area contributed by atoms with Gasteiger partial charge in [-0.3, -0.25) is 4.79 Å². The highest BCUT2D eigenvalue weighted by molar-refractivity contribution is 7.89. The van der Waals surface area contributed by atoms with Gasteiger partial charge in [-0.15, -0.1) is 0 Å². The molecular weight excluding hydrogens is 290 g/mol. The lowest BCUT2D eigenvalue weighted by atomic mass is 9.90. The minimum Gasteiger partial charge on any atom is -0.355 e. The average molecular weight is 311 g/mol. The van der Waals surface area contributed by atoms with Crippen molar-refractivity contribution in [3.63, 3.8) is 0 Å². The molecule has 7 heteroatoms. The molecule has 0 aromatic heterocycles. The number of nitrogens with zero attached hydrogens (tertiary/aromatic N) is 1. The van der Waals surface area contributed by atoms with Crippen molar-refractivity contribution in [2.45, 2.75) is 18.2 Å². The van der Waals surface area contributed by atoms with Crippen LogP contribution in [0.3, 0.4) is 0 Å². The third-order valence-corrected chi connectivity index (χ3v) is 5.86. The van der Waals surface area contributed by atoms with E-state index in [0.717, 1.165) is 6.42 Å². The molecule has 6 nitrogen and oxygen atoms in total. The summed E-state index contributed by atoms with van der Waals surface area (Å²) in [7, 11) is -1.99. The molecule has 0 aliphatic carbocycles. The molecule has 1 fully saturated rings. The summed E-state index contributed by atoms with van der Waals surface area (Å²) in [6.45, 7) is 3.38. The van der Waals surface area contributed by atoms with Crippen molar-refractivity contribution in [3.8, 4) is 0 Å². The Labute approximate surface area is 125 Å². The summed E-state index contributed by atoms with van der Waals surface area (Å²) < 4.78 is 26.6. The van der Waals surface area contributed by atoms with E-state index < -0.39 is 10.0 Å². The Kier molecular flexibility index (Phi) is 4.36. The summed E-state index contributed by atoms with van der Waals surface area (Å²) in [4.78, 5) is 11.7. The summed E-state index contributed by atoms with van der Waals surface area (Å²) in [5.74, 6) is -0.240. The maximum Gasteiger partial charge on any atom is 0.251 e. The molecule has 1 unspecified atom stereocenters. The first-order valence-corrected chi connectivity index (χ1v) is 8.29. The summed E-state index contributed by atoms with van der Waals surface area (Å²) in [5.41, 5.74) is 5.99. The third kappa shape index (κ3) is 3.09. The number of nitrogens with two attached hydrogens (primary N) is 1. The van der Waals surface area contributed by atoms with E-state index in [9.17, 15) is 13.2 Å². The molecule has 0 radical (unpaired) electrons. The van der Waals surface area contributed by atoms with E-state index >= 15 is 0 Å². The quantitative estimate of drug-likeness (QED) is 0.842. The van der Waals surface area contributed by atoms with Crippen LogP contribution in [0.5, 0.6) is 0 Å². The van der Waals surface area contributed by atoms with Crippen LogP contribution in [0.4, 0.5) is 0 Å². The van der Waals surface area contributed by atoms with Crippen LogP contribution < -0.4 is 11.1 Å². The van der Waals surface area contributed by atoms with E-state index in [1.165, 1.54) is 35.6 Å². The Bertz CT molecular complexity index is 627. The molecule has 1 heterocycles. The number of sulfonamides is 1. The second-order valence-corrected chi connectivity index (χ2v) is 7.64. The van der Waals surface area contributed by atoms with Crippen LogP contribution in [0.15, 0.2) is 29.2 Å². The summed E-state index contributed by atoms with van der Waals surface area (Å²) >= 11 is 0. The summed E-state index contributed by atoms with van der Waals surface area (Å²) in [5, 5.41) is 2.50. The molecule has 1 amide bonds. The van der Waals surface area contributed by atoms with Gasteiger partial charge in [0.2, 0.25) is 10.0 Å². The van der Waals surface area contributed by atoms with Gasteiger partial charge < -0.3 is 11.1 Å². The fourth-order valence-corrected chi connectivity index (χ4v) is 4.01. The highest BCUT2D eigenvalue weighted by Gasteiger charge is 2.38. The first-order chi connectivity index (χ1) is 9.82. The smallest absolute Gasteiger partial charge is 0.251 e. The Morgan fingerprint density at radius 2 is 2.00 bits per heavy atom. The van der Waals surface area contributed by atoms with Crippen molar-refractivity contribution in [2.75, 3.05) is 26.7 Å². The largest absolute Gasteiger partial charge is 0.355 e. The molecule has 1 aromatic rings. The van der Waals surface area contributed by atoms with Gasteiger partial charge in [-0.1, -0.05) is 6.92 Å². The molecule has 2 rings (SSSR count). The van der Waals surface area contributed by atoms with Crippen molar-refractivity contribution in [1.29, 1.82) is 0 Å². The van der Waals surface area contributed by atoms with Crippen LogP contribution in [0, 0.1) is 5.41 Å². The number of hydrogen-bond acceptors (Lipinski definition) is 4. The van der Waals surface area contributed by atoms with Gasteiger partial charge in [0.1, 0.15) is 0 Å². The normalized spacial score (nSPS) is 23.2. The Balaban J connectivity index is 2.23. The zero-order chi connectivity index (χ0) is 15.7. The van der Waals surface area contributed by atoms with Crippen molar-refractivity contribution in [3.05, 3.63) is 29.8 Å². The van der Waals surface area contributed by atoms with Crippen LogP contribution in [0.1, 0.15) is 23.7 Å². The predicted molar refractivity (Wildman–Crippen MR) is 80.4 cm³/mol. The Morgan fingerprint density at radius 1 is 1.38 bits per heavy atom. The van der Waals surface area contributed by atoms with E-state index in [2.05, 4.69) is 5.32 Å². The molecule has 0 saturated carbocycles. The molecule has 1 atom stereocenters. The molecule has 0 spiro atoms. The van der Waals surface area contributed by atoms with Crippen LogP contribution in [-0.4, -0.2) is 45.3 Å². The minimum absolute atomic E-state index is 0.158. The third-order valence-electron chi connectivity index (χ3n) is 4.00. The Morgan fingerprint density at radius 3 is 2.48 bits per heavy atom. The molecule has 116 valence electrons. The molecule has 1 aliphatic rings. The Hall–Kier alpha value is -1.44. The first-order valence-electron chi connectivity index (χ1n) is 6.85. The first kappa shape index (κ1) is 15.9. The highest BCUT2D eigenvalue weighted by Crippen LogP contribution is 2.32. The van der Waals surface area contributed by atoms with Crippen molar-refractivity contribution in [2.24, 2.45) is 11.1 Å². The van der Waals surface area contributed by atoms with Crippen molar-refractivity contribution in [1.82, 2.24) is 9.62 Å². The fraction of sp³-hybridized carbons (Fsp3) is 0.500. The fourth-order valence-electron chi connectivity index (χ4n) is 2.42. The number of nitrogens with one attached hydrogen (secondary N) is 1. The van der Waals surface area contributed by atoms with Gasteiger partial charge in [0.05, 0.1) is 4.90 Å². The van der Waals surface area contributed by atoms with E-state index in [-0.39, 0.29) is 16.2 Å². The number of carbonyl (C=O) groups excluding carboxylic acids is 1. The number of hydrogen-bond donors (Lipinski definition) is 2. The molecule has 21 heavy (non-hydrogen) atoms. The summed E-state index contributed by atoms with van der Waals surface area (Å²) in [6, 6.07) is 5.98. The molecule has 1 aliphatic heterocycles. The lowest BCUT2D eigenvalue weighted by Gasteiger charge is -2.22. The van der Waals surface area contributed by atoms with E-state index in [1.54, 1.807) is 0 Å². The molecule has 1 aromatic carbocycles. The van der Waals surface area contributed by atoms with Gasteiger partial charge in [0.15, 0.2) is 0 Å². The van der Waals surface area contributed by atoms with Gasteiger partial charge >= 0.3 is 0 Å². The van der Waals surface area contributed by atoms with E-state index in [1.807, 2.05) is 6.92 Å². The van der Waals surface area contributed by atoms with E-state index in [4.69, 9.17) is 5.73 Å². The standard InChI is InChI=1S/C14H21N3O3S/c1-14(9-15)7-8-17(10-14)21(19,20)12-5-3-11(4-6-12)13(18)16-2/h3-6H,7-10,15H2,1-2H3,(H,16,18). The molecule has 0 bridgehead atoms. The van der Waals surface area contributed by atoms with E-state index in [0.29, 0.717) is 25.2 Å². The molecule has 3 N–H and O–H groups in total. The minimum atomic E-state index is -3.52. The number of benzene rings is 1. The van der Waals surface area contributed by atoms with Crippen molar-refractivity contribution < 1.29 is 13.2 Å². The van der Waals surface area contributed by atoms with Gasteiger partial charge in [-0.25, -0.2) is 8.42 Å². The van der Waals surface area contributed by atoms with Crippen molar-refractivity contribution >= 4 is 15.9 Å². The van der Waals surface area contributed by atoms with Crippen LogP contribution in [-0.2, 0) is 10.0 Å². The monoisotopic (exact) mass is 311 g/mol. The maximum atomic E-state index is 12.6. The second-order valence-electron chi connectivity index (χ2n) is 5.71. The average Bonchev–Trinajstić information content (AvgIpc) is 2.90. The number of amides is 1. The highest BCUT2D eigenvalue weighted by atomic mass is 32.2. The SMILES string of the molecule is CNC(=O)c1ccc(S(=O)(=O)N2CCC(C)(CN)C2)cc1. The van der Waals surface area contributed by atoms with Gasteiger partial charge in [-0.05, 0) is 42.6 Å². The predicted octanol–water partition coefficient (Wildman–Crippen LogP) is 0.406. The summed E-state index contributed by atoms with van der Waals surface area (Å²) in [6.07, 6.45) is 0.763. The zero-order valence-electron chi connectivity index (χ0n) is 12.3. The molecule has 1 saturated heterocycles. The zero-order valence-corrected chi connectivity index (χ0v) is 13.1. The van der Waals surface area contributed by atoms with Gasteiger partial charge in [-0.2, -0.15) is 4.31 Å². The van der Waals surface area contributed by atoms with Crippen LogP contribution in [0.25, 0.3) is 0 Å². The number of carbonyl (C=O) groups is 1. The maximum absolute atomic E-state index is 12.6. The lowest BCUT2D eigenvalue weighted by molar-refractivity contribution is 0.0963. The van der Waals surface area contributed by atoms with Crippen LogP contribution in [0.2, 0.25) is 0 Å². The lowest BCUT2D eigenvalue weighted by Crippen LogP contribution is -2.34. The molecular formula is C14H21N3O3S. The topological polar surface area (TPSA) is 92.5 Å². The van der Waals surface area contributed by atoms with Gasteiger partial charge in [0, 0.05) is 25.7 Å². The van der Waals surface area contributed by atoms with Gasteiger partial charge in [0.25, 0.3) is 5.91 Å².